The Hall–Kier alpha value is -2.73. The van der Waals surface area contributed by atoms with Crippen LogP contribution in [0.4, 0.5) is 0 Å². The molecule has 1 aliphatic heterocycles. The SMILES string of the molecule is Cc1ccc(OCCOc2cccc(/C=C3/SC(N)=NC3=O)c2)cc1C. The molecule has 134 valence electrons. The third-order valence-electron chi connectivity index (χ3n) is 3.89. The highest BCUT2D eigenvalue weighted by atomic mass is 32.2. The number of benzene rings is 2. The summed E-state index contributed by atoms with van der Waals surface area (Å²) in [5.41, 5.74) is 8.86. The van der Waals surface area contributed by atoms with Crippen LogP contribution in [-0.2, 0) is 4.79 Å². The van der Waals surface area contributed by atoms with Crippen LogP contribution >= 0.6 is 11.8 Å². The minimum atomic E-state index is -0.305. The summed E-state index contributed by atoms with van der Waals surface area (Å²) in [5, 5.41) is 0.275. The summed E-state index contributed by atoms with van der Waals surface area (Å²) in [6.45, 7) is 5.01. The summed E-state index contributed by atoms with van der Waals surface area (Å²) in [4.78, 5) is 15.9. The maximum absolute atomic E-state index is 11.7. The number of carbonyl (C=O) groups excluding carboxylic acids is 1. The fourth-order valence-electron chi connectivity index (χ4n) is 2.39. The van der Waals surface area contributed by atoms with E-state index in [2.05, 4.69) is 18.8 Å². The van der Waals surface area contributed by atoms with Crippen molar-refractivity contribution in [2.45, 2.75) is 13.8 Å². The van der Waals surface area contributed by atoms with Crippen molar-refractivity contribution in [3.05, 3.63) is 64.1 Å². The van der Waals surface area contributed by atoms with Crippen LogP contribution in [0.3, 0.4) is 0 Å². The second-order valence-corrected chi connectivity index (χ2v) is 6.94. The molecule has 0 aliphatic carbocycles. The minimum Gasteiger partial charge on any atom is -0.490 e. The van der Waals surface area contributed by atoms with Crippen molar-refractivity contribution in [2.75, 3.05) is 13.2 Å². The van der Waals surface area contributed by atoms with Gasteiger partial charge in [0.15, 0.2) is 5.17 Å². The molecule has 6 heteroatoms. The van der Waals surface area contributed by atoms with Crippen molar-refractivity contribution in [3.8, 4) is 11.5 Å². The summed E-state index contributed by atoms with van der Waals surface area (Å²) in [6.07, 6.45) is 1.76. The standard InChI is InChI=1S/C20H20N2O3S/c1-13-6-7-17(10-14(13)2)25-9-8-24-16-5-3-4-15(11-16)12-18-19(23)22-20(21)26-18/h3-7,10-12H,8-9H2,1-2H3,(H2,21,22,23)/b18-12+. The Morgan fingerprint density at radius 3 is 2.42 bits per heavy atom. The van der Waals surface area contributed by atoms with E-state index in [1.54, 1.807) is 6.08 Å². The molecule has 0 aromatic heterocycles. The van der Waals surface area contributed by atoms with Crippen LogP contribution < -0.4 is 15.2 Å². The van der Waals surface area contributed by atoms with E-state index in [9.17, 15) is 4.79 Å². The Morgan fingerprint density at radius 2 is 1.77 bits per heavy atom. The third kappa shape index (κ3) is 4.67. The highest BCUT2D eigenvalue weighted by Crippen LogP contribution is 2.27. The third-order valence-corrected chi connectivity index (χ3v) is 4.70. The van der Waals surface area contributed by atoms with Crippen molar-refractivity contribution in [1.29, 1.82) is 0 Å². The van der Waals surface area contributed by atoms with Crippen LogP contribution in [0.2, 0.25) is 0 Å². The van der Waals surface area contributed by atoms with Gasteiger partial charge < -0.3 is 15.2 Å². The number of rotatable bonds is 6. The molecule has 1 aliphatic rings. The largest absolute Gasteiger partial charge is 0.490 e. The minimum absolute atomic E-state index is 0.275. The lowest BCUT2D eigenvalue weighted by molar-refractivity contribution is -0.113. The molecule has 0 saturated carbocycles. The number of carbonyl (C=O) groups is 1. The van der Waals surface area contributed by atoms with Crippen LogP contribution in [0.15, 0.2) is 52.4 Å². The molecule has 0 spiro atoms. The first kappa shape index (κ1) is 18.1. The zero-order valence-electron chi connectivity index (χ0n) is 14.7. The number of nitrogens with zero attached hydrogens (tertiary/aromatic N) is 1. The Morgan fingerprint density at radius 1 is 1.04 bits per heavy atom. The molecule has 5 nitrogen and oxygen atoms in total. The monoisotopic (exact) mass is 368 g/mol. The van der Waals surface area contributed by atoms with Gasteiger partial charge in [-0.15, -0.1) is 0 Å². The van der Waals surface area contributed by atoms with Crippen LogP contribution in [-0.4, -0.2) is 24.3 Å². The van der Waals surface area contributed by atoms with E-state index in [0.717, 1.165) is 11.3 Å². The van der Waals surface area contributed by atoms with Gasteiger partial charge >= 0.3 is 0 Å². The average Bonchev–Trinajstić information content (AvgIpc) is 2.92. The predicted molar refractivity (Wildman–Crippen MR) is 106 cm³/mol. The van der Waals surface area contributed by atoms with Crippen molar-refractivity contribution in [1.82, 2.24) is 0 Å². The summed E-state index contributed by atoms with van der Waals surface area (Å²) in [5.74, 6) is 1.25. The second kappa shape index (κ2) is 8.10. The Kier molecular flexibility index (Phi) is 5.63. The van der Waals surface area contributed by atoms with Gasteiger partial charge in [-0.05, 0) is 72.6 Å². The van der Waals surface area contributed by atoms with Gasteiger partial charge in [-0.3, -0.25) is 4.79 Å². The lowest BCUT2D eigenvalue weighted by Crippen LogP contribution is -2.09. The zero-order valence-corrected chi connectivity index (χ0v) is 15.5. The van der Waals surface area contributed by atoms with E-state index in [0.29, 0.717) is 23.9 Å². The summed E-state index contributed by atoms with van der Waals surface area (Å²) < 4.78 is 11.4. The van der Waals surface area contributed by atoms with E-state index in [4.69, 9.17) is 15.2 Å². The topological polar surface area (TPSA) is 73.9 Å². The number of nitrogens with two attached hydrogens (primary N) is 1. The molecule has 2 N–H and O–H groups in total. The van der Waals surface area contributed by atoms with E-state index < -0.39 is 0 Å². The average molecular weight is 368 g/mol. The van der Waals surface area contributed by atoms with Gasteiger partial charge in [-0.25, -0.2) is 0 Å². The second-order valence-electron chi connectivity index (χ2n) is 5.88. The number of thioether (sulfide) groups is 1. The molecule has 26 heavy (non-hydrogen) atoms. The molecule has 0 fully saturated rings. The summed E-state index contributed by atoms with van der Waals surface area (Å²) in [7, 11) is 0. The lowest BCUT2D eigenvalue weighted by Gasteiger charge is -2.10. The highest BCUT2D eigenvalue weighted by Gasteiger charge is 2.19. The van der Waals surface area contributed by atoms with Crippen molar-refractivity contribution in [3.63, 3.8) is 0 Å². The van der Waals surface area contributed by atoms with Gasteiger partial charge in [-0.2, -0.15) is 4.99 Å². The van der Waals surface area contributed by atoms with Gasteiger partial charge in [0, 0.05) is 0 Å². The fraction of sp³-hybridized carbons (Fsp3) is 0.200. The molecule has 0 saturated heterocycles. The van der Waals surface area contributed by atoms with Crippen LogP contribution in [0.1, 0.15) is 16.7 Å². The van der Waals surface area contributed by atoms with E-state index >= 15 is 0 Å². The zero-order chi connectivity index (χ0) is 18.5. The maximum Gasteiger partial charge on any atom is 0.286 e. The van der Waals surface area contributed by atoms with E-state index in [1.165, 1.54) is 22.9 Å². The molecule has 0 bridgehead atoms. The first-order valence-corrected chi connectivity index (χ1v) is 9.04. The number of ether oxygens (including phenoxy) is 2. The number of hydrogen-bond donors (Lipinski definition) is 1. The summed E-state index contributed by atoms with van der Waals surface area (Å²) in [6, 6.07) is 13.5. The lowest BCUT2D eigenvalue weighted by atomic mass is 10.1. The van der Waals surface area contributed by atoms with Gasteiger partial charge in [0.25, 0.3) is 5.91 Å². The van der Waals surface area contributed by atoms with Crippen LogP contribution in [0, 0.1) is 13.8 Å². The molecule has 0 radical (unpaired) electrons. The molecule has 0 atom stereocenters. The van der Waals surface area contributed by atoms with Gasteiger partial charge in [0.2, 0.25) is 0 Å². The first-order chi connectivity index (χ1) is 12.5. The number of aryl methyl sites for hydroxylation is 2. The molecule has 1 heterocycles. The quantitative estimate of drug-likeness (QED) is 0.622. The molecule has 3 rings (SSSR count). The van der Waals surface area contributed by atoms with Crippen molar-refractivity contribution >= 4 is 28.9 Å². The fourth-order valence-corrected chi connectivity index (χ4v) is 3.08. The molecular weight excluding hydrogens is 348 g/mol. The van der Waals surface area contributed by atoms with Crippen molar-refractivity contribution < 1.29 is 14.3 Å². The predicted octanol–water partition coefficient (Wildman–Crippen LogP) is 3.69. The smallest absolute Gasteiger partial charge is 0.286 e. The van der Waals surface area contributed by atoms with Crippen LogP contribution in [0.5, 0.6) is 11.5 Å². The Bertz CT molecular complexity index is 890. The van der Waals surface area contributed by atoms with Gasteiger partial charge in [0.05, 0.1) is 4.91 Å². The number of amides is 1. The summed E-state index contributed by atoms with van der Waals surface area (Å²) >= 11 is 1.17. The highest BCUT2D eigenvalue weighted by molar-refractivity contribution is 8.18. The van der Waals surface area contributed by atoms with E-state index in [1.807, 2.05) is 42.5 Å². The van der Waals surface area contributed by atoms with Gasteiger partial charge in [0.1, 0.15) is 24.7 Å². The maximum atomic E-state index is 11.7. The molecular formula is C20H20N2O3S. The van der Waals surface area contributed by atoms with Crippen molar-refractivity contribution in [2.24, 2.45) is 10.7 Å². The van der Waals surface area contributed by atoms with Crippen LogP contribution in [0.25, 0.3) is 6.08 Å². The molecule has 2 aromatic rings. The number of aliphatic imine (C=N–C) groups is 1. The number of hydrogen-bond acceptors (Lipinski definition) is 5. The first-order valence-electron chi connectivity index (χ1n) is 8.22. The molecule has 1 amide bonds. The number of amidine groups is 1. The molecule has 2 aromatic carbocycles. The molecule has 0 unspecified atom stereocenters. The normalized spacial score (nSPS) is 15.2. The van der Waals surface area contributed by atoms with E-state index in [-0.39, 0.29) is 11.1 Å². The Balaban J connectivity index is 1.53. The Labute approximate surface area is 156 Å². The van der Waals surface area contributed by atoms with Gasteiger partial charge in [-0.1, -0.05) is 18.2 Å².